The topological polar surface area (TPSA) is 23.6 Å². The summed E-state index contributed by atoms with van der Waals surface area (Å²) in [6.07, 6.45) is 4.15. The lowest BCUT2D eigenvalue weighted by atomic mass is 9.94. The molecular formula is C26H30F2N2O. The second kappa shape index (κ2) is 8.01. The Morgan fingerprint density at radius 1 is 1.06 bits per heavy atom. The van der Waals surface area contributed by atoms with Gasteiger partial charge in [-0.15, -0.1) is 0 Å². The van der Waals surface area contributed by atoms with E-state index in [1.807, 2.05) is 0 Å². The maximum Gasteiger partial charge on any atom is 0.260 e. The van der Waals surface area contributed by atoms with Crippen LogP contribution in [0.4, 0.5) is 8.78 Å². The minimum absolute atomic E-state index is 0.290. The molecule has 5 rings (SSSR count). The molecule has 1 unspecified atom stereocenters. The Bertz CT molecular complexity index is 972. The highest BCUT2D eigenvalue weighted by Gasteiger charge is 2.62. The lowest BCUT2D eigenvalue weighted by Crippen LogP contribution is -2.37. The van der Waals surface area contributed by atoms with E-state index in [0.717, 1.165) is 24.9 Å². The number of halogens is 2. The van der Waals surface area contributed by atoms with Gasteiger partial charge in [-0.05, 0) is 67.0 Å². The fourth-order valence-corrected chi connectivity index (χ4v) is 5.08. The summed E-state index contributed by atoms with van der Waals surface area (Å²) in [6.45, 7) is 5.63. The van der Waals surface area contributed by atoms with E-state index in [1.54, 1.807) is 4.90 Å². The lowest BCUT2D eigenvalue weighted by Gasteiger charge is -2.29. The zero-order chi connectivity index (χ0) is 21.6. The summed E-state index contributed by atoms with van der Waals surface area (Å²) in [6, 6.07) is 15.9. The molecule has 1 amide bonds. The Hall–Kier alpha value is -2.27. The molecule has 1 saturated carbocycles. The molecule has 2 fully saturated rings. The third-order valence-electron chi connectivity index (χ3n) is 7.32. The van der Waals surface area contributed by atoms with Crippen LogP contribution in [0.3, 0.4) is 0 Å². The van der Waals surface area contributed by atoms with Crippen molar-refractivity contribution in [2.24, 2.45) is 5.92 Å². The molecule has 2 aromatic carbocycles. The SMILES string of the molecule is C[C@@H]1CCCN1CCc1ccc(-c2ccc3c(c2)CCN(C(=O)C2CC2(F)F)C3)cc1. The average molecular weight is 425 g/mol. The summed E-state index contributed by atoms with van der Waals surface area (Å²) >= 11 is 0. The van der Waals surface area contributed by atoms with Crippen LogP contribution in [0.2, 0.25) is 0 Å². The summed E-state index contributed by atoms with van der Waals surface area (Å²) in [5.41, 5.74) is 6.02. The normalized spacial score (nSPS) is 24.8. The van der Waals surface area contributed by atoms with Crippen LogP contribution >= 0.6 is 0 Å². The van der Waals surface area contributed by atoms with Crippen LogP contribution in [0.1, 0.15) is 42.9 Å². The van der Waals surface area contributed by atoms with Crippen molar-refractivity contribution < 1.29 is 13.6 Å². The van der Waals surface area contributed by atoms with E-state index in [4.69, 9.17) is 0 Å². The van der Waals surface area contributed by atoms with Crippen LogP contribution < -0.4 is 0 Å². The standard InChI is InChI=1S/C26H30F2N2O/c1-18-3-2-12-29(18)13-10-19-4-6-20(7-5-19)21-8-9-23-17-30(14-11-22(23)15-21)25(31)24-16-26(24,27)28/h4-9,15,18,24H,2-3,10-14,16-17H2,1H3/t18-,24?/m1/s1. The van der Waals surface area contributed by atoms with Crippen LogP contribution in [0.15, 0.2) is 42.5 Å². The van der Waals surface area contributed by atoms with Crippen molar-refractivity contribution in [1.82, 2.24) is 9.80 Å². The van der Waals surface area contributed by atoms with Gasteiger partial charge in [-0.3, -0.25) is 4.79 Å². The van der Waals surface area contributed by atoms with Crippen LogP contribution in [0.25, 0.3) is 11.1 Å². The van der Waals surface area contributed by atoms with Gasteiger partial charge in [-0.2, -0.15) is 0 Å². The van der Waals surface area contributed by atoms with Gasteiger partial charge in [0.05, 0.1) is 0 Å². The summed E-state index contributed by atoms with van der Waals surface area (Å²) in [5, 5.41) is 0. The number of amides is 1. The molecule has 5 heteroatoms. The Balaban J connectivity index is 1.22. The predicted molar refractivity (Wildman–Crippen MR) is 118 cm³/mol. The van der Waals surface area contributed by atoms with E-state index >= 15 is 0 Å². The molecule has 0 aromatic heterocycles. The van der Waals surface area contributed by atoms with Gasteiger partial charge in [0.2, 0.25) is 5.91 Å². The van der Waals surface area contributed by atoms with Gasteiger partial charge < -0.3 is 9.80 Å². The van der Waals surface area contributed by atoms with Gasteiger partial charge in [0.1, 0.15) is 5.92 Å². The second-order valence-corrected chi connectivity index (χ2v) is 9.49. The summed E-state index contributed by atoms with van der Waals surface area (Å²) < 4.78 is 26.5. The molecule has 2 aliphatic heterocycles. The molecule has 2 aromatic rings. The zero-order valence-corrected chi connectivity index (χ0v) is 18.1. The van der Waals surface area contributed by atoms with E-state index in [1.165, 1.54) is 41.6 Å². The van der Waals surface area contributed by atoms with Gasteiger partial charge in [0.25, 0.3) is 5.92 Å². The average Bonchev–Trinajstić information content (AvgIpc) is 3.22. The minimum atomic E-state index is -2.79. The maximum atomic E-state index is 13.3. The molecule has 0 radical (unpaired) electrons. The molecule has 31 heavy (non-hydrogen) atoms. The number of fused-ring (bicyclic) bond motifs is 1. The van der Waals surface area contributed by atoms with Crippen LogP contribution in [0, 0.1) is 5.92 Å². The van der Waals surface area contributed by atoms with Gasteiger partial charge >= 0.3 is 0 Å². The van der Waals surface area contributed by atoms with Crippen molar-refractivity contribution in [3.63, 3.8) is 0 Å². The molecular weight excluding hydrogens is 394 g/mol. The van der Waals surface area contributed by atoms with Crippen molar-refractivity contribution in [3.8, 4) is 11.1 Å². The summed E-state index contributed by atoms with van der Waals surface area (Å²) in [5.74, 6) is -4.28. The van der Waals surface area contributed by atoms with Crippen LogP contribution in [0.5, 0.6) is 0 Å². The molecule has 0 bridgehead atoms. The third kappa shape index (κ3) is 4.25. The highest BCUT2D eigenvalue weighted by Crippen LogP contribution is 2.49. The van der Waals surface area contributed by atoms with Crippen molar-refractivity contribution in [3.05, 3.63) is 59.2 Å². The molecule has 3 nitrogen and oxygen atoms in total. The van der Waals surface area contributed by atoms with Crippen molar-refractivity contribution >= 4 is 5.91 Å². The number of rotatable bonds is 5. The molecule has 1 aliphatic carbocycles. The summed E-state index contributed by atoms with van der Waals surface area (Å²) in [7, 11) is 0. The predicted octanol–water partition coefficient (Wildman–Crippen LogP) is 4.92. The molecule has 164 valence electrons. The van der Waals surface area contributed by atoms with Crippen molar-refractivity contribution in [2.75, 3.05) is 19.6 Å². The Morgan fingerprint density at radius 3 is 2.48 bits per heavy atom. The number of carbonyl (C=O) groups is 1. The molecule has 0 N–H and O–H groups in total. The van der Waals surface area contributed by atoms with Gasteiger partial charge in [-0.1, -0.05) is 42.5 Å². The second-order valence-electron chi connectivity index (χ2n) is 9.49. The van der Waals surface area contributed by atoms with Crippen molar-refractivity contribution in [1.29, 1.82) is 0 Å². The molecule has 1 saturated heterocycles. The first-order chi connectivity index (χ1) is 14.9. The first kappa shape index (κ1) is 20.6. The number of benzene rings is 2. The first-order valence-electron chi connectivity index (χ1n) is 11.5. The van der Waals surface area contributed by atoms with E-state index in [2.05, 4.69) is 54.3 Å². The van der Waals surface area contributed by atoms with Crippen LogP contribution in [-0.4, -0.2) is 47.3 Å². The van der Waals surface area contributed by atoms with Crippen molar-refractivity contribution in [2.45, 2.75) is 57.5 Å². The molecule has 0 spiro atoms. The quantitative estimate of drug-likeness (QED) is 0.680. The number of carbonyl (C=O) groups excluding carboxylic acids is 1. The number of hydrogen-bond donors (Lipinski definition) is 0. The number of alkyl halides is 2. The lowest BCUT2D eigenvalue weighted by molar-refractivity contribution is -0.135. The Labute approximate surface area is 183 Å². The highest BCUT2D eigenvalue weighted by atomic mass is 19.3. The van der Waals surface area contributed by atoms with Gasteiger partial charge in [0.15, 0.2) is 0 Å². The van der Waals surface area contributed by atoms with Gasteiger partial charge in [0, 0.05) is 32.1 Å². The smallest absolute Gasteiger partial charge is 0.260 e. The third-order valence-corrected chi connectivity index (χ3v) is 7.32. The van der Waals surface area contributed by atoms with E-state index in [9.17, 15) is 13.6 Å². The van der Waals surface area contributed by atoms with E-state index in [-0.39, 0.29) is 6.42 Å². The number of nitrogens with zero attached hydrogens (tertiary/aromatic N) is 2. The molecule has 2 atom stereocenters. The fraction of sp³-hybridized carbons (Fsp3) is 0.500. The minimum Gasteiger partial charge on any atom is -0.338 e. The highest BCUT2D eigenvalue weighted by molar-refractivity contribution is 5.83. The zero-order valence-electron chi connectivity index (χ0n) is 18.1. The van der Waals surface area contributed by atoms with Crippen LogP contribution in [-0.2, 0) is 24.2 Å². The largest absolute Gasteiger partial charge is 0.338 e. The Kier molecular flexibility index (Phi) is 5.33. The molecule has 2 heterocycles. The Morgan fingerprint density at radius 2 is 1.81 bits per heavy atom. The first-order valence-corrected chi connectivity index (χ1v) is 11.5. The number of likely N-dealkylation sites (tertiary alicyclic amines) is 1. The number of hydrogen-bond acceptors (Lipinski definition) is 2. The summed E-state index contributed by atoms with van der Waals surface area (Å²) in [4.78, 5) is 16.5. The molecule has 3 aliphatic rings. The van der Waals surface area contributed by atoms with Gasteiger partial charge in [-0.25, -0.2) is 8.78 Å². The van der Waals surface area contributed by atoms with E-state index < -0.39 is 17.7 Å². The van der Waals surface area contributed by atoms with E-state index in [0.29, 0.717) is 19.1 Å². The maximum absolute atomic E-state index is 13.3. The fourth-order valence-electron chi connectivity index (χ4n) is 5.08. The monoisotopic (exact) mass is 424 g/mol.